The number of furan rings is 1. The molecule has 0 N–H and O–H groups in total. The lowest BCUT2D eigenvalue weighted by Gasteiger charge is -2.38. The van der Waals surface area contributed by atoms with Gasteiger partial charge in [-0.25, -0.2) is 0 Å². The highest BCUT2D eigenvalue weighted by Gasteiger charge is 2.31. The average molecular weight is 264 g/mol. The van der Waals surface area contributed by atoms with Crippen molar-refractivity contribution < 1.29 is 19.1 Å². The molecule has 1 saturated heterocycles. The molecular formula is C14H18NO4-. The van der Waals surface area contributed by atoms with Crippen LogP contribution in [-0.2, 0) is 4.79 Å². The zero-order valence-corrected chi connectivity index (χ0v) is 11.0. The Bertz CT molecular complexity index is 440. The van der Waals surface area contributed by atoms with Crippen molar-refractivity contribution in [3.8, 4) is 0 Å². The number of aliphatic carboxylic acids is 1. The van der Waals surface area contributed by atoms with Crippen LogP contribution in [0.4, 0.5) is 0 Å². The molecule has 0 saturated carbocycles. The summed E-state index contributed by atoms with van der Waals surface area (Å²) in [5.41, 5.74) is 0. The fraction of sp³-hybridized carbons (Fsp3) is 0.571. The number of amides is 1. The first-order valence-electron chi connectivity index (χ1n) is 6.64. The molecule has 19 heavy (non-hydrogen) atoms. The number of carboxylic acid groups (broad SMARTS) is 1. The molecule has 2 rings (SSSR count). The molecule has 1 fully saturated rings. The first-order chi connectivity index (χ1) is 9.11. The second-order valence-corrected chi connectivity index (χ2v) is 5.02. The van der Waals surface area contributed by atoms with E-state index in [0.29, 0.717) is 25.3 Å². The molecule has 5 heteroatoms. The van der Waals surface area contributed by atoms with Crippen LogP contribution in [0.25, 0.3) is 0 Å². The summed E-state index contributed by atoms with van der Waals surface area (Å²) in [6.07, 6.45) is 3.13. The van der Waals surface area contributed by atoms with Crippen molar-refractivity contribution in [1.29, 1.82) is 0 Å². The van der Waals surface area contributed by atoms with Crippen LogP contribution in [-0.4, -0.2) is 29.9 Å². The van der Waals surface area contributed by atoms with E-state index >= 15 is 0 Å². The van der Waals surface area contributed by atoms with Crippen molar-refractivity contribution in [2.75, 3.05) is 13.1 Å². The third kappa shape index (κ3) is 3.16. The lowest BCUT2D eigenvalue weighted by Crippen LogP contribution is -2.45. The maximum absolute atomic E-state index is 12.2. The summed E-state index contributed by atoms with van der Waals surface area (Å²) in [4.78, 5) is 24.6. The van der Waals surface area contributed by atoms with Gasteiger partial charge in [0, 0.05) is 19.1 Å². The summed E-state index contributed by atoms with van der Waals surface area (Å²) in [5.74, 6) is -0.459. The maximum Gasteiger partial charge on any atom is 0.289 e. The number of carbonyl (C=O) groups is 2. The molecule has 0 radical (unpaired) electrons. The van der Waals surface area contributed by atoms with E-state index < -0.39 is 5.97 Å². The molecular weight excluding hydrogens is 246 g/mol. The summed E-state index contributed by atoms with van der Waals surface area (Å²) in [6, 6.07) is 3.34. The van der Waals surface area contributed by atoms with Crippen LogP contribution in [0.3, 0.4) is 0 Å². The van der Waals surface area contributed by atoms with Crippen LogP contribution in [0.1, 0.15) is 36.7 Å². The van der Waals surface area contributed by atoms with Crippen molar-refractivity contribution in [3.05, 3.63) is 24.2 Å². The van der Waals surface area contributed by atoms with Gasteiger partial charge in [0.2, 0.25) is 0 Å². The SMILES string of the molecule is CC[C@H]1CN(C(=O)c2ccco2)CC[C@H]1CC(=O)[O-]. The monoisotopic (exact) mass is 264 g/mol. The van der Waals surface area contributed by atoms with Gasteiger partial charge in [0.1, 0.15) is 0 Å². The minimum absolute atomic E-state index is 0.0846. The maximum atomic E-state index is 12.2. The lowest BCUT2D eigenvalue weighted by atomic mass is 9.81. The van der Waals surface area contributed by atoms with E-state index in [1.807, 2.05) is 6.92 Å². The zero-order valence-electron chi connectivity index (χ0n) is 11.0. The Morgan fingerprint density at radius 2 is 2.26 bits per heavy atom. The van der Waals surface area contributed by atoms with E-state index in [-0.39, 0.29) is 24.2 Å². The van der Waals surface area contributed by atoms with Crippen LogP contribution in [0.5, 0.6) is 0 Å². The smallest absolute Gasteiger partial charge is 0.289 e. The van der Waals surface area contributed by atoms with Crippen molar-refractivity contribution in [3.63, 3.8) is 0 Å². The number of rotatable bonds is 4. The number of hydrogen-bond acceptors (Lipinski definition) is 4. The topological polar surface area (TPSA) is 73.6 Å². The van der Waals surface area contributed by atoms with Crippen LogP contribution in [0, 0.1) is 11.8 Å². The predicted molar refractivity (Wildman–Crippen MR) is 66.1 cm³/mol. The number of piperidine rings is 1. The summed E-state index contributed by atoms with van der Waals surface area (Å²) < 4.78 is 5.11. The molecule has 0 bridgehead atoms. The molecule has 1 amide bonds. The van der Waals surface area contributed by atoms with Crippen LogP contribution < -0.4 is 5.11 Å². The zero-order chi connectivity index (χ0) is 13.8. The molecule has 0 aromatic carbocycles. The molecule has 2 heterocycles. The fourth-order valence-corrected chi connectivity index (χ4v) is 2.77. The van der Waals surface area contributed by atoms with Gasteiger partial charge >= 0.3 is 0 Å². The van der Waals surface area contributed by atoms with E-state index in [1.54, 1.807) is 17.0 Å². The third-order valence-electron chi connectivity index (χ3n) is 3.86. The Morgan fingerprint density at radius 3 is 2.84 bits per heavy atom. The Morgan fingerprint density at radius 1 is 1.47 bits per heavy atom. The Labute approximate surface area is 112 Å². The Kier molecular flexibility index (Phi) is 4.24. The number of nitrogens with zero attached hydrogens (tertiary/aromatic N) is 1. The van der Waals surface area contributed by atoms with Crippen LogP contribution >= 0.6 is 0 Å². The summed E-state index contributed by atoms with van der Waals surface area (Å²) in [5, 5.41) is 10.7. The first-order valence-corrected chi connectivity index (χ1v) is 6.64. The minimum Gasteiger partial charge on any atom is -0.550 e. The number of carbonyl (C=O) groups excluding carboxylic acids is 2. The summed E-state index contributed by atoms with van der Waals surface area (Å²) in [7, 11) is 0. The quantitative estimate of drug-likeness (QED) is 0.810. The molecule has 1 aromatic heterocycles. The molecule has 1 aliphatic rings. The van der Waals surface area contributed by atoms with Crippen LogP contribution in [0.15, 0.2) is 22.8 Å². The molecule has 1 aromatic rings. The van der Waals surface area contributed by atoms with Gasteiger partial charge in [-0.3, -0.25) is 4.79 Å². The minimum atomic E-state index is -1.01. The highest BCUT2D eigenvalue weighted by Crippen LogP contribution is 2.29. The largest absolute Gasteiger partial charge is 0.550 e. The standard InChI is InChI=1S/C14H19NO4/c1-2-10-9-15(6-5-11(10)8-13(16)17)14(18)12-4-3-7-19-12/h3-4,7,10-11H,2,5-6,8-9H2,1H3,(H,16,17)/p-1/t10-,11-/m0/s1. The molecule has 0 unspecified atom stereocenters. The Balaban J connectivity index is 2.00. The van der Waals surface area contributed by atoms with Gasteiger partial charge in [0.05, 0.1) is 6.26 Å². The lowest BCUT2D eigenvalue weighted by molar-refractivity contribution is -0.307. The number of carboxylic acids is 1. The van der Waals surface area contributed by atoms with Crippen LogP contribution in [0.2, 0.25) is 0 Å². The van der Waals surface area contributed by atoms with E-state index in [9.17, 15) is 14.7 Å². The predicted octanol–water partition coefficient (Wildman–Crippen LogP) is 0.908. The van der Waals surface area contributed by atoms with Crippen molar-refractivity contribution in [2.45, 2.75) is 26.2 Å². The molecule has 0 spiro atoms. The highest BCUT2D eigenvalue weighted by atomic mass is 16.4. The second-order valence-electron chi connectivity index (χ2n) is 5.02. The molecule has 1 aliphatic heterocycles. The average Bonchev–Trinajstić information content (AvgIpc) is 2.91. The number of likely N-dealkylation sites (tertiary alicyclic amines) is 1. The van der Waals surface area contributed by atoms with E-state index in [4.69, 9.17) is 4.42 Å². The van der Waals surface area contributed by atoms with Gasteiger partial charge in [0.25, 0.3) is 5.91 Å². The van der Waals surface area contributed by atoms with Crippen molar-refractivity contribution in [1.82, 2.24) is 4.90 Å². The van der Waals surface area contributed by atoms with Crippen molar-refractivity contribution in [2.24, 2.45) is 11.8 Å². The highest BCUT2D eigenvalue weighted by molar-refractivity contribution is 5.91. The molecule has 5 nitrogen and oxygen atoms in total. The van der Waals surface area contributed by atoms with Gasteiger partial charge < -0.3 is 19.2 Å². The fourth-order valence-electron chi connectivity index (χ4n) is 2.77. The Hall–Kier alpha value is -1.78. The summed E-state index contributed by atoms with van der Waals surface area (Å²) >= 11 is 0. The van der Waals surface area contributed by atoms with Gasteiger partial charge in [-0.2, -0.15) is 0 Å². The van der Waals surface area contributed by atoms with E-state index in [0.717, 1.165) is 6.42 Å². The molecule has 104 valence electrons. The summed E-state index contributed by atoms with van der Waals surface area (Å²) in [6.45, 7) is 3.19. The first kappa shape index (κ1) is 13.6. The molecule has 2 atom stereocenters. The van der Waals surface area contributed by atoms with Gasteiger partial charge in [-0.05, 0) is 36.8 Å². The molecule has 0 aliphatic carbocycles. The normalized spacial score (nSPS) is 23.3. The van der Waals surface area contributed by atoms with Gasteiger partial charge in [-0.15, -0.1) is 0 Å². The second kappa shape index (κ2) is 5.91. The van der Waals surface area contributed by atoms with Gasteiger partial charge in [0.15, 0.2) is 5.76 Å². The van der Waals surface area contributed by atoms with E-state index in [1.165, 1.54) is 6.26 Å². The number of hydrogen-bond donors (Lipinski definition) is 0. The third-order valence-corrected chi connectivity index (χ3v) is 3.86. The van der Waals surface area contributed by atoms with Crippen molar-refractivity contribution >= 4 is 11.9 Å². The van der Waals surface area contributed by atoms with Gasteiger partial charge in [-0.1, -0.05) is 13.3 Å². The van der Waals surface area contributed by atoms with E-state index in [2.05, 4.69) is 0 Å².